The number of rotatable bonds is 7. The largest absolute Gasteiger partial charge is 0.462 e. The Labute approximate surface area is 189 Å². The minimum absolute atomic E-state index is 0.306. The lowest BCUT2D eigenvalue weighted by Crippen LogP contribution is -2.21. The third-order valence-corrected chi connectivity index (χ3v) is 5.77. The number of hydrogen-bond donors (Lipinski definition) is 1. The monoisotopic (exact) mass is 425 g/mol. The Morgan fingerprint density at radius 3 is 2.50 bits per heavy atom. The van der Waals surface area contributed by atoms with Gasteiger partial charge in [-0.15, -0.1) is 0 Å². The summed E-state index contributed by atoms with van der Waals surface area (Å²) in [6.45, 7) is 4.73. The normalized spacial score (nSPS) is 12.9. The summed E-state index contributed by atoms with van der Waals surface area (Å²) in [7, 11) is 0. The van der Waals surface area contributed by atoms with Crippen LogP contribution in [-0.4, -0.2) is 25.7 Å². The summed E-state index contributed by atoms with van der Waals surface area (Å²) in [6, 6.07) is 23.9. The molecule has 0 bridgehead atoms. The van der Waals surface area contributed by atoms with Crippen LogP contribution in [0.15, 0.2) is 66.7 Å². The third kappa shape index (κ3) is 4.60. The molecule has 5 nitrogen and oxygen atoms in total. The zero-order chi connectivity index (χ0) is 22.3. The second-order valence-electron chi connectivity index (χ2n) is 7.82. The van der Waals surface area contributed by atoms with E-state index in [1.165, 1.54) is 0 Å². The van der Waals surface area contributed by atoms with Crippen LogP contribution in [0.4, 0.5) is 11.4 Å². The molecule has 1 aliphatic rings. The summed E-state index contributed by atoms with van der Waals surface area (Å²) >= 11 is 0. The lowest BCUT2D eigenvalue weighted by Gasteiger charge is -2.24. The van der Waals surface area contributed by atoms with Crippen LogP contribution in [0.5, 0.6) is 0 Å². The number of anilines is 2. The average Bonchev–Trinajstić information content (AvgIpc) is 3.38. The van der Waals surface area contributed by atoms with Crippen molar-refractivity contribution in [2.75, 3.05) is 29.9 Å². The van der Waals surface area contributed by atoms with E-state index in [2.05, 4.69) is 34.5 Å². The number of nitriles is 1. The SMILES string of the molecule is CCOC(=O)c1cccc(N2CCCC2)c1NCc1ccc(-c2ccccc2C#N)cc1. The predicted molar refractivity (Wildman–Crippen MR) is 128 cm³/mol. The van der Waals surface area contributed by atoms with E-state index in [4.69, 9.17) is 4.74 Å². The fraction of sp³-hybridized carbons (Fsp3) is 0.259. The minimum atomic E-state index is -0.306. The molecule has 0 saturated carbocycles. The van der Waals surface area contributed by atoms with Crippen molar-refractivity contribution in [3.63, 3.8) is 0 Å². The van der Waals surface area contributed by atoms with E-state index in [9.17, 15) is 10.1 Å². The maximum atomic E-state index is 12.6. The molecule has 32 heavy (non-hydrogen) atoms. The second kappa shape index (κ2) is 10.0. The zero-order valence-electron chi connectivity index (χ0n) is 18.3. The van der Waals surface area contributed by atoms with Gasteiger partial charge in [-0.1, -0.05) is 48.5 Å². The molecule has 0 unspecified atom stereocenters. The molecule has 0 radical (unpaired) electrons. The van der Waals surface area contributed by atoms with E-state index in [1.807, 2.05) is 55.5 Å². The van der Waals surface area contributed by atoms with Crippen molar-refractivity contribution in [1.29, 1.82) is 5.26 Å². The Bertz CT molecular complexity index is 1130. The summed E-state index contributed by atoms with van der Waals surface area (Å²) in [5.41, 5.74) is 6.13. The van der Waals surface area contributed by atoms with Crippen LogP contribution in [0.3, 0.4) is 0 Å². The van der Waals surface area contributed by atoms with Crippen LogP contribution >= 0.6 is 0 Å². The van der Waals surface area contributed by atoms with Gasteiger partial charge in [-0.05, 0) is 54.7 Å². The van der Waals surface area contributed by atoms with E-state index < -0.39 is 0 Å². The molecule has 0 aliphatic carbocycles. The van der Waals surface area contributed by atoms with Crippen LogP contribution in [-0.2, 0) is 11.3 Å². The van der Waals surface area contributed by atoms with Gasteiger partial charge in [-0.2, -0.15) is 5.26 Å². The molecule has 3 aromatic rings. The molecule has 162 valence electrons. The van der Waals surface area contributed by atoms with Crippen LogP contribution in [0, 0.1) is 11.3 Å². The van der Waals surface area contributed by atoms with Crippen molar-refractivity contribution in [2.45, 2.75) is 26.3 Å². The van der Waals surface area contributed by atoms with Crippen molar-refractivity contribution < 1.29 is 9.53 Å². The first kappa shape index (κ1) is 21.5. The van der Waals surface area contributed by atoms with E-state index in [1.54, 1.807) is 0 Å². The predicted octanol–water partition coefficient (Wildman–Crippen LogP) is 5.61. The number of carbonyl (C=O) groups is 1. The van der Waals surface area contributed by atoms with Gasteiger partial charge in [0, 0.05) is 19.6 Å². The van der Waals surface area contributed by atoms with Gasteiger partial charge in [-0.25, -0.2) is 4.79 Å². The van der Waals surface area contributed by atoms with E-state index in [0.29, 0.717) is 24.3 Å². The Hall–Kier alpha value is -3.78. The fourth-order valence-corrected chi connectivity index (χ4v) is 4.15. The van der Waals surface area contributed by atoms with Crippen LogP contribution in [0.25, 0.3) is 11.1 Å². The first-order chi connectivity index (χ1) is 15.7. The van der Waals surface area contributed by atoms with Crippen molar-refractivity contribution in [1.82, 2.24) is 0 Å². The van der Waals surface area contributed by atoms with Crippen molar-refractivity contribution in [2.24, 2.45) is 0 Å². The van der Waals surface area contributed by atoms with Gasteiger partial charge in [0.05, 0.1) is 35.2 Å². The Morgan fingerprint density at radius 2 is 1.78 bits per heavy atom. The van der Waals surface area contributed by atoms with E-state index >= 15 is 0 Å². The van der Waals surface area contributed by atoms with E-state index in [-0.39, 0.29) is 5.97 Å². The molecule has 3 aromatic carbocycles. The maximum absolute atomic E-state index is 12.6. The molecule has 0 aromatic heterocycles. The van der Waals surface area contributed by atoms with Gasteiger partial charge < -0.3 is 15.0 Å². The first-order valence-corrected chi connectivity index (χ1v) is 11.1. The maximum Gasteiger partial charge on any atom is 0.340 e. The summed E-state index contributed by atoms with van der Waals surface area (Å²) in [5.74, 6) is -0.306. The number of esters is 1. The second-order valence-corrected chi connectivity index (χ2v) is 7.82. The highest BCUT2D eigenvalue weighted by Crippen LogP contribution is 2.33. The molecule has 1 saturated heterocycles. The molecule has 0 spiro atoms. The van der Waals surface area contributed by atoms with Gasteiger partial charge in [0.15, 0.2) is 0 Å². The quantitative estimate of drug-likeness (QED) is 0.498. The molecule has 1 N–H and O–H groups in total. The van der Waals surface area contributed by atoms with Crippen LogP contribution in [0.2, 0.25) is 0 Å². The highest BCUT2D eigenvalue weighted by Gasteiger charge is 2.21. The summed E-state index contributed by atoms with van der Waals surface area (Å²) in [4.78, 5) is 14.9. The number of hydrogen-bond acceptors (Lipinski definition) is 5. The van der Waals surface area contributed by atoms with Crippen molar-refractivity contribution >= 4 is 17.3 Å². The number of para-hydroxylation sites is 1. The molecule has 1 aliphatic heterocycles. The lowest BCUT2D eigenvalue weighted by molar-refractivity contribution is 0.0527. The molecule has 4 rings (SSSR count). The van der Waals surface area contributed by atoms with E-state index in [0.717, 1.165) is 54.0 Å². The highest BCUT2D eigenvalue weighted by molar-refractivity contribution is 5.99. The van der Waals surface area contributed by atoms with Crippen LogP contribution < -0.4 is 10.2 Å². The summed E-state index contributed by atoms with van der Waals surface area (Å²) in [5, 5.41) is 12.9. The fourth-order valence-electron chi connectivity index (χ4n) is 4.15. The van der Waals surface area contributed by atoms with Gasteiger partial charge in [0.25, 0.3) is 0 Å². The summed E-state index contributed by atoms with van der Waals surface area (Å²) in [6.07, 6.45) is 2.32. The highest BCUT2D eigenvalue weighted by atomic mass is 16.5. The number of nitrogens with zero attached hydrogens (tertiary/aromatic N) is 2. The van der Waals surface area contributed by atoms with Gasteiger partial charge in [-0.3, -0.25) is 0 Å². The zero-order valence-corrected chi connectivity index (χ0v) is 18.3. The van der Waals surface area contributed by atoms with Crippen LogP contribution in [0.1, 0.15) is 41.3 Å². The Morgan fingerprint density at radius 1 is 1.03 bits per heavy atom. The standard InChI is InChI=1S/C27H27N3O2/c1-2-32-27(31)24-10-7-11-25(30-16-5-6-17-30)26(24)29-19-20-12-14-21(15-13-20)23-9-4-3-8-22(23)18-28/h3-4,7-15,29H,2,5-6,16-17,19H2,1H3. The van der Waals surface area contributed by atoms with Gasteiger partial charge >= 0.3 is 5.97 Å². The number of ether oxygens (including phenoxy) is 1. The number of benzene rings is 3. The number of nitrogens with one attached hydrogen (secondary N) is 1. The molecule has 1 fully saturated rings. The minimum Gasteiger partial charge on any atom is -0.462 e. The topological polar surface area (TPSA) is 65.4 Å². The molecule has 5 heteroatoms. The molecule has 1 heterocycles. The lowest BCUT2D eigenvalue weighted by atomic mass is 9.99. The number of carbonyl (C=O) groups excluding carboxylic acids is 1. The summed E-state index contributed by atoms with van der Waals surface area (Å²) < 4.78 is 5.30. The molecule has 0 amide bonds. The molecule has 0 atom stereocenters. The average molecular weight is 426 g/mol. The first-order valence-electron chi connectivity index (χ1n) is 11.1. The van der Waals surface area contributed by atoms with Crippen molar-refractivity contribution in [3.8, 4) is 17.2 Å². The van der Waals surface area contributed by atoms with Gasteiger partial charge in [0.2, 0.25) is 0 Å². The van der Waals surface area contributed by atoms with Gasteiger partial charge in [0.1, 0.15) is 0 Å². The third-order valence-electron chi connectivity index (χ3n) is 5.77. The Kier molecular flexibility index (Phi) is 6.72. The van der Waals surface area contributed by atoms with Crippen molar-refractivity contribution in [3.05, 3.63) is 83.4 Å². The Balaban J connectivity index is 1.57. The molecular weight excluding hydrogens is 398 g/mol. The molecular formula is C27H27N3O2. The smallest absolute Gasteiger partial charge is 0.340 e.